The summed E-state index contributed by atoms with van der Waals surface area (Å²) in [7, 11) is 0. The normalized spacial score (nSPS) is 14.1. The number of H-pyrrole nitrogens is 1. The van der Waals surface area contributed by atoms with Gasteiger partial charge in [0, 0.05) is 23.7 Å². The Morgan fingerprint density at radius 3 is 2.31 bits per heavy atom. The topological polar surface area (TPSA) is 91.1 Å². The van der Waals surface area contributed by atoms with Crippen LogP contribution >= 0.6 is 0 Å². The zero-order valence-electron chi connectivity index (χ0n) is 17.9. The Labute approximate surface area is 188 Å². The molecule has 0 saturated heterocycles. The first kappa shape index (κ1) is 21.8. The van der Waals surface area contributed by atoms with Crippen molar-refractivity contribution < 1.29 is 9.90 Å². The van der Waals surface area contributed by atoms with Crippen molar-refractivity contribution in [1.82, 2.24) is 10.3 Å². The van der Waals surface area contributed by atoms with Crippen LogP contribution in [0, 0.1) is 0 Å². The van der Waals surface area contributed by atoms with Crippen molar-refractivity contribution in [2.75, 3.05) is 0 Å². The number of aromatic amines is 1. The van der Waals surface area contributed by atoms with Crippen molar-refractivity contribution in [3.8, 4) is 0 Å². The highest BCUT2D eigenvalue weighted by Crippen LogP contribution is 2.25. The van der Waals surface area contributed by atoms with Crippen molar-refractivity contribution in [1.29, 1.82) is 0 Å². The molecular formula is C27H29N3O2. The third-order valence-corrected chi connectivity index (χ3v) is 5.78. The number of amides is 1. The highest BCUT2D eigenvalue weighted by molar-refractivity contribution is 5.81. The van der Waals surface area contributed by atoms with E-state index in [9.17, 15) is 9.90 Å². The first-order chi connectivity index (χ1) is 15.6. The molecule has 5 N–H and O–H groups in total. The zero-order chi connectivity index (χ0) is 22.3. The summed E-state index contributed by atoms with van der Waals surface area (Å²) in [5.74, 6) is -0.122. The molecule has 0 aliphatic heterocycles. The molecule has 4 aromatic rings. The number of fused-ring (bicyclic) bond motifs is 1. The van der Waals surface area contributed by atoms with Gasteiger partial charge in [-0.2, -0.15) is 0 Å². The molecule has 5 nitrogen and oxygen atoms in total. The van der Waals surface area contributed by atoms with Gasteiger partial charge in [-0.15, -0.1) is 0 Å². The van der Waals surface area contributed by atoms with Gasteiger partial charge in [0.15, 0.2) is 0 Å². The van der Waals surface area contributed by atoms with Crippen molar-refractivity contribution in [2.45, 2.75) is 37.5 Å². The predicted molar refractivity (Wildman–Crippen MR) is 128 cm³/mol. The summed E-state index contributed by atoms with van der Waals surface area (Å²) in [5.41, 5.74) is 10.2. The van der Waals surface area contributed by atoms with Gasteiger partial charge in [-0.3, -0.25) is 4.79 Å². The Balaban J connectivity index is 1.41. The van der Waals surface area contributed by atoms with Gasteiger partial charge in [-0.05, 0) is 41.5 Å². The number of carbonyl (C=O) groups is 1. The summed E-state index contributed by atoms with van der Waals surface area (Å²) in [6, 6.07) is 29.1. The van der Waals surface area contributed by atoms with E-state index in [-0.39, 0.29) is 18.4 Å². The number of aromatic nitrogens is 1. The van der Waals surface area contributed by atoms with E-state index in [0.29, 0.717) is 12.8 Å². The van der Waals surface area contributed by atoms with Crippen LogP contribution in [0.1, 0.15) is 35.7 Å². The molecule has 0 saturated carbocycles. The minimum atomic E-state index is -0.746. The van der Waals surface area contributed by atoms with Crippen LogP contribution in [0.2, 0.25) is 0 Å². The molecule has 0 radical (unpaired) electrons. The van der Waals surface area contributed by atoms with E-state index in [1.54, 1.807) is 0 Å². The smallest absolute Gasteiger partial charge is 0.220 e. The lowest BCUT2D eigenvalue weighted by molar-refractivity contribution is -0.122. The number of rotatable bonds is 9. The highest BCUT2D eigenvalue weighted by atomic mass is 16.3. The Kier molecular flexibility index (Phi) is 7.00. The van der Waals surface area contributed by atoms with Crippen molar-refractivity contribution in [2.24, 2.45) is 5.73 Å². The molecule has 1 amide bonds. The summed E-state index contributed by atoms with van der Waals surface area (Å²) >= 11 is 0. The fraction of sp³-hybridized carbons (Fsp3) is 0.222. The number of hydrogen-bond donors (Lipinski definition) is 4. The van der Waals surface area contributed by atoms with Crippen molar-refractivity contribution in [3.63, 3.8) is 0 Å². The number of carbonyl (C=O) groups excluding carboxylic acids is 1. The number of hydrogen-bond acceptors (Lipinski definition) is 3. The lowest BCUT2D eigenvalue weighted by Crippen LogP contribution is -2.38. The third-order valence-electron chi connectivity index (χ3n) is 5.78. The maximum absolute atomic E-state index is 12.8. The van der Waals surface area contributed by atoms with E-state index in [0.717, 1.165) is 27.7 Å². The van der Waals surface area contributed by atoms with E-state index in [1.807, 2.05) is 84.9 Å². The maximum atomic E-state index is 12.8. The molecular weight excluding hydrogens is 398 g/mol. The molecule has 0 fully saturated rings. The van der Waals surface area contributed by atoms with Crippen LogP contribution in [0.3, 0.4) is 0 Å². The molecule has 1 heterocycles. The van der Waals surface area contributed by atoms with Gasteiger partial charge in [0.2, 0.25) is 5.91 Å². The van der Waals surface area contributed by atoms with Gasteiger partial charge in [0.25, 0.3) is 0 Å². The van der Waals surface area contributed by atoms with Gasteiger partial charge < -0.3 is 21.1 Å². The molecule has 5 heteroatoms. The molecule has 32 heavy (non-hydrogen) atoms. The van der Waals surface area contributed by atoms with Gasteiger partial charge in [-0.1, -0.05) is 78.9 Å². The molecule has 0 aliphatic carbocycles. The van der Waals surface area contributed by atoms with Crippen LogP contribution in [0.25, 0.3) is 10.9 Å². The fourth-order valence-electron chi connectivity index (χ4n) is 3.99. The Bertz CT molecular complexity index is 1110. The lowest BCUT2D eigenvalue weighted by Gasteiger charge is -2.21. The molecule has 3 aromatic carbocycles. The molecule has 0 bridgehead atoms. The first-order valence-corrected chi connectivity index (χ1v) is 11.0. The minimum Gasteiger partial charge on any atom is -0.391 e. The number of benzene rings is 3. The van der Waals surface area contributed by atoms with Gasteiger partial charge in [0.05, 0.1) is 12.1 Å². The minimum absolute atomic E-state index is 0.122. The van der Waals surface area contributed by atoms with E-state index < -0.39 is 12.1 Å². The quantitative estimate of drug-likeness (QED) is 0.324. The number of para-hydroxylation sites is 1. The Morgan fingerprint density at radius 1 is 0.938 bits per heavy atom. The average molecular weight is 428 g/mol. The molecule has 1 unspecified atom stereocenters. The van der Waals surface area contributed by atoms with Crippen LogP contribution in [-0.4, -0.2) is 28.1 Å². The number of nitrogens with one attached hydrogen (secondary N) is 2. The predicted octanol–water partition coefficient (Wildman–Crippen LogP) is 4.08. The molecule has 1 aromatic heterocycles. The summed E-state index contributed by atoms with van der Waals surface area (Å²) in [6.07, 6.45) is 0.344. The van der Waals surface area contributed by atoms with Crippen LogP contribution in [0.4, 0.5) is 0 Å². The van der Waals surface area contributed by atoms with E-state index in [4.69, 9.17) is 5.73 Å². The number of aliphatic hydroxyl groups is 1. The summed E-state index contributed by atoms with van der Waals surface area (Å²) < 4.78 is 0. The largest absolute Gasteiger partial charge is 0.391 e. The highest BCUT2D eigenvalue weighted by Gasteiger charge is 2.21. The van der Waals surface area contributed by atoms with E-state index in [1.165, 1.54) is 0 Å². The number of nitrogens with two attached hydrogens (primary N) is 1. The molecule has 164 valence electrons. The SMILES string of the molecule is N[C@@H](Cc1ccccc1)[C@@H](O)CCC(=O)NC(c1ccccc1)c1cc2ccccc2[nH]1. The van der Waals surface area contributed by atoms with Gasteiger partial charge in [0.1, 0.15) is 0 Å². The molecule has 4 rings (SSSR count). The number of aliphatic hydroxyl groups excluding tert-OH is 1. The van der Waals surface area contributed by atoms with Crippen LogP contribution in [-0.2, 0) is 11.2 Å². The van der Waals surface area contributed by atoms with Crippen molar-refractivity contribution >= 4 is 16.8 Å². The molecule has 0 aliphatic rings. The summed E-state index contributed by atoms with van der Waals surface area (Å²) in [6.45, 7) is 0. The van der Waals surface area contributed by atoms with E-state index >= 15 is 0 Å². The zero-order valence-corrected chi connectivity index (χ0v) is 17.9. The lowest BCUT2D eigenvalue weighted by atomic mass is 9.98. The van der Waals surface area contributed by atoms with Crippen LogP contribution in [0.15, 0.2) is 91.0 Å². The van der Waals surface area contributed by atoms with Crippen molar-refractivity contribution in [3.05, 3.63) is 108 Å². The monoisotopic (exact) mass is 427 g/mol. The second-order valence-corrected chi connectivity index (χ2v) is 8.18. The van der Waals surface area contributed by atoms with Crippen LogP contribution in [0.5, 0.6) is 0 Å². The maximum Gasteiger partial charge on any atom is 0.220 e. The second-order valence-electron chi connectivity index (χ2n) is 8.18. The van der Waals surface area contributed by atoms with Gasteiger partial charge >= 0.3 is 0 Å². The van der Waals surface area contributed by atoms with E-state index in [2.05, 4.69) is 16.4 Å². The first-order valence-electron chi connectivity index (χ1n) is 11.0. The average Bonchev–Trinajstić information content (AvgIpc) is 3.26. The fourth-order valence-corrected chi connectivity index (χ4v) is 3.99. The van der Waals surface area contributed by atoms with Crippen LogP contribution < -0.4 is 11.1 Å². The summed E-state index contributed by atoms with van der Waals surface area (Å²) in [4.78, 5) is 16.2. The summed E-state index contributed by atoms with van der Waals surface area (Å²) in [5, 5.41) is 14.7. The third kappa shape index (κ3) is 5.44. The standard InChI is InChI=1S/C27H29N3O2/c28-22(17-19-9-3-1-4-10-19)25(31)15-16-26(32)30-27(20-11-5-2-6-12-20)24-18-21-13-7-8-14-23(21)29-24/h1-14,18,22,25,27,29,31H,15-17,28H2,(H,30,32)/t22-,25-,27?/m0/s1. The second kappa shape index (κ2) is 10.3. The molecule has 3 atom stereocenters. The van der Waals surface area contributed by atoms with Gasteiger partial charge in [-0.25, -0.2) is 0 Å². The molecule has 0 spiro atoms. The Hall–Kier alpha value is -3.41. The Morgan fingerprint density at radius 2 is 1.59 bits per heavy atom.